The number of carbonyl (C=O) groups is 2. The van der Waals surface area contributed by atoms with Crippen LogP contribution in [0.4, 0.5) is 11.4 Å². The topological polar surface area (TPSA) is 107 Å². The van der Waals surface area contributed by atoms with Crippen LogP contribution in [0.2, 0.25) is 0 Å². The number of amides is 1. The Labute approximate surface area is 187 Å². The molecule has 2 saturated heterocycles. The molecular weight excluding hydrogens is 438 g/mol. The molecule has 1 aromatic carbocycles. The number of nitrogens with zero attached hydrogens (tertiary/aromatic N) is 3. The first kappa shape index (κ1) is 23.6. The standard InChI is InChI=1S/C21H29N3O5S2/c1-4-23(5-2)15-9-10-16(14(3)11-15)24-17-12-31(28,29)13-18(17)30-21(24)22-19(25)7-6-8-20(26)27/h9-11,17-18H,4-8,12-13H2,1-3H3,(H,26,27). The number of benzene rings is 1. The number of aliphatic imine (C=N–C) groups is 1. The van der Waals surface area contributed by atoms with Gasteiger partial charge in [0, 0.05) is 42.6 Å². The maximum absolute atomic E-state index is 12.4. The summed E-state index contributed by atoms with van der Waals surface area (Å²) in [6.07, 6.45) is 0.203. The number of aliphatic carboxylic acids is 1. The SMILES string of the molecule is CCN(CC)c1ccc(N2C(=NC(=O)CCCC(=O)O)SC3CS(=O)(=O)CC32)c(C)c1. The van der Waals surface area contributed by atoms with Crippen molar-refractivity contribution in [2.45, 2.75) is 51.3 Å². The predicted octanol–water partition coefficient (Wildman–Crippen LogP) is 2.70. The molecule has 0 aromatic heterocycles. The first-order valence-corrected chi connectivity index (χ1v) is 13.2. The summed E-state index contributed by atoms with van der Waals surface area (Å²) in [7, 11) is -3.14. The number of carboxylic acid groups (broad SMARTS) is 1. The molecule has 2 aliphatic heterocycles. The lowest BCUT2D eigenvalue weighted by Crippen LogP contribution is -2.38. The lowest BCUT2D eigenvalue weighted by Gasteiger charge is -2.28. The van der Waals surface area contributed by atoms with Gasteiger partial charge in [-0.15, -0.1) is 0 Å². The van der Waals surface area contributed by atoms with Crippen LogP contribution in [0.15, 0.2) is 23.2 Å². The number of carbonyl (C=O) groups excluding carboxylic acids is 1. The van der Waals surface area contributed by atoms with Crippen LogP contribution in [0.3, 0.4) is 0 Å². The number of anilines is 2. The van der Waals surface area contributed by atoms with E-state index in [0.29, 0.717) is 5.17 Å². The molecule has 1 amide bonds. The molecule has 170 valence electrons. The second kappa shape index (κ2) is 9.60. The van der Waals surface area contributed by atoms with E-state index in [4.69, 9.17) is 5.11 Å². The van der Waals surface area contributed by atoms with E-state index in [1.165, 1.54) is 11.8 Å². The van der Waals surface area contributed by atoms with Gasteiger partial charge in [-0.3, -0.25) is 9.59 Å². The zero-order valence-electron chi connectivity index (χ0n) is 18.1. The van der Waals surface area contributed by atoms with Crippen LogP contribution in [0.5, 0.6) is 0 Å². The highest BCUT2D eigenvalue weighted by Crippen LogP contribution is 2.42. The van der Waals surface area contributed by atoms with Crippen molar-refractivity contribution in [1.29, 1.82) is 0 Å². The second-order valence-corrected chi connectivity index (χ2v) is 11.2. The Hall–Kier alpha value is -2.07. The monoisotopic (exact) mass is 467 g/mol. The van der Waals surface area contributed by atoms with Gasteiger partial charge in [-0.05, 0) is 51.0 Å². The molecule has 2 unspecified atom stereocenters. The normalized spacial score (nSPS) is 23.2. The minimum absolute atomic E-state index is 0.0358. The Morgan fingerprint density at radius 3 is 2.55 bits per heavy atom. The summed E-state index contributed by atoms with van der Waals surface area (Å²) in [4.78, 5) is 31.5. The van der Waals surface area contributed by atoms with Crippen LogP contribution >= 0.6 is 11.8 Å². The first-order chi connectivity index (χ1) is 14.6. The molecule has 2 aliphatic rings. The summed E-state index contributed by atoms with van der Waals surface area (Å²) < 4.78 is 24.5. The van der Waals surface area contributed by atoms with E-state index in [2.05, 4.69) is 29.8 Å². The summed E-state index contributed by atoms with van der Waals surface area (Å²) in [5.74, 6) is -1.22. The van der Waals surface area contributed by atoms with Gasteiger partial charge in [0.1, 0.15) is 0 Å². The largest absolute Gasteiger partial charge is 0.481 e. The third-order valence-corrected chi connectivity index (χ3v) is 8.85. The van der Waals surface area contributed by atoms with Gasteiger partial charge < -0.3 is 14.9 Å². The Morgan fingerprint density at radius 2 is 1.94 bits per heavy atom. The highest BCUT2D eigenvalue weighted by Gasteiger charge is 2.49. The van der Waals surface area contributed by atoms with Crippen LogP contribution in [0.1, 0.15) is 38.7 Å². The van der Waals surface area contributed by atoms with Crippen molar-refractivity contribution in [3.8, 4) is 0 Å². The summed E-state index contributed by atoms with van der Waals surface area (Å²) in [6, 6.07) is 5.80. The molecule has 31 heavy (non-hydrogen) atoms. The third kappa shape index (κ3) is 5.41. The second-order valence-electron chi connectivity index (χ2n) is 7.85. The molecule has 3 rings (SSSR count). The van der Waals surface area contributed by atoms with Crippen molar-refractivity contribution in [3.63, 3.8) is 0 Å². The molecule has 0 bridgehead atoms. The van der Waals surface area contributed by atoms with Gasteiger partial charge in [-0.1, -0.05) is 11.8 Å². The van der Waals surface area contributed by atoms with Crippen molar-refractivity contribution in [3.05, 3.63) is 23.8 Å². The van der Waals surface area contributed by atoms with E-state index in [0.717, 1.165) is 30.0 Å². The molecule has 2 heterocycles. The number of thioether (sulfide) groups is 1. The zero-order chi connectivity index (χ0) is 22.8. The molecule has 2 atom stereocenters. The molecule has 8 nitrogen and oxygen atoms in total. The molecule has 0 radical (unpaired) electrons. The summed E-state index contributed by atoms with van der Waals surface area (Å²) in [5.41, 5.74) is 2.93. The molecule has 1 aromatic rings. The van der Waals surface area contributed by atoms with Gasteiger partial charge in [-0.2, -0.15) is 4.99 Å². The van der Waals surface area contributed by atoms with E-state index in [1.54, 1.807) is 0 Å². The Kier molecular flexibility index (Phi) is 7.31. The predicted molar refractivity (Wildman–Crippen MR) is 125 cm³/mol. The van der Waals surface area contributed by atoms with Gasteiger partial charge in [0.05, 0.1) is 17.5 Å². The summed E-state index contributed by atoms with van der Waals surface area (Å²) in [6.45, 7) is 7.94. The minimum atomic E-state index is -3.14. The number of amidine groups is 1. The van der Waals surface area contributed by atoms with E-state index in [1.807, 2.05) is 24.0 Å². The van der Waals surface area contributed by atoms with Gasteiger partial charge in [0.25, 0.3) is 0 Å². The number of aryl methyl sites for hydroxylation is 1. The number of fused-ring (bicyclic) bond motifs is 1. The lowest BCUT2D eigenvalue weighted by atomic mass is 10.1. The van der Waals surface area contributed by atoms with Gasteiger partial charge in [0.2, 0.25) is 5.91 Å². The van der Waals surface area contributed by atoms with Crippen molar-refractivity contribution < 1.29 is 23.1 Å². The van der Waals surface area contributed by atoms with Crippen molar-refractivity contribution in [2.75, 3.05) is 34.4 Å². The maximum Gasteiger partial charge on any atom is 0.303 e. The lowest BCUT2D eigenvalue weighted by molar-refractivity contribution is -0.137. The Balaban J connectivity index is 1.92. The van der Waals surface area contributed by atoms with Crippen LogP contribution in [0, 0.1) is 6.92 Å². The minimum Gasteiger partial charge on any atom is -0.481 e. The molecule has 0 aliphatic carbocycles. The molecule has 10 heteroatoms. The summed E-state index contributed by atoms with van der Waals surface area (Å²) >= 11 is 1.33. The first-order valence-electron chi connectivity index (χ1n) is 10.5. The smallest absolute Gasteiger partial charge is 0.303 e. The van der Waals surface area contributed by atoms with Crippen LogP contribution in [-0.2, 0) is 19.4 Å². The summed E-state index contributed by atoms with van der Waals surface area (Å²) in [5, 5.41) is 9.10. The Bertz CT molecular complexity index is 989. The average Bonchev–Trinajstić information content (AvgIpc) is 3.13. The van der Waals surface area contributed by atoms with Crippen LogP contribution in [-0.4, -0.2) is 66.5 Å². The average molecular weight is 468 g/mol. The molecule has 2 fully saturated rings. The number of hydrogen-bond donors (Lipinski definition) is 1. The molecular formula is C21H29N3O5S2. The number of hydrogen-bond acceptors (Lipinski definition) is 6. The van der Waals surface area contributed by atoms with Crippen molar-refractivity contribution >= 4 is 50.0 Å². The molecule has 0 saturated carbocycles. The highest BCUT2D eigenvalue weighted by molar-refractivity contribution is 8.16. The van der Waals surface area contributed by atoms with Crippen LogP contribution in [0.25, 0.3) is 0 Å². The third-order valence-electron chi connectivity index (χ3n) is 5.64. The quantitative estimate of drug-likeness (QED) is 0.622. The Morgan fingerprint density at radius 1 is 1.23 bits per heavy atom. The molecule has 1 N–H and O–H groups in total. The number of sulfone groups is 1. The van der Waals surface area contributed by atoms with Gasteiger partial charge in [-0.25, -0.2) is 8.42 Å². The van der Waals surface area contributed by atoms with E-state index >= 15 is 0 Å². The van der Waals surface area contributed by atoms with E-state index in [-0.39, 0.29) is 48.0 Å². The number of carboxylic acids is 1. The van der Waals surface area contributed by atoms with Crippen LogP contribution < -0.4 is 9.80 Å². The van der Waals surface area contributed by atoms with E-state index in [9.17, 15) is 18.0 Å². The fraction of sp³-hybridized carbons (Fsp3) is 0.571. The van der Waals surface area contributed by atoms with Crippen molar-refractivity contribution in [1.82, 2.24) is 0 Å². The van der Waals surface area contributed by atoms with E-state index < -0.39 is 15.8 Å². The van der Waals surface area contributed by atoms with Crippen molar-refractivity contribution in [2.24, 2.45) is 4.99 Å². The number of rotatable bonds is 8. The molecule has 0 spiro atoms. The maximum atomic E-state index is 12.4. The fourth-order valence-electron chi connectivity index (χ4n) is 4.09. The highest BCUT2D eigenvalue weighted by atomic mass is 32.2. The van der Waals surface area contributed by atoms with Gasteiger partial charge >= 0.3 is 5.97 Å². The fourth-order valence-corrected chi connectivity index (χ4v) is 8.02. The van der Waals surface area contributed by atoms with Gasteiger partial charge in [0.15, 0.2) is 15.0 Å². The zero-order valence-corrected chi connectivity index (χ0v) is 19.7.